The zero-order valence-corrected chi connectivity index (χ0v) is 32.0. The van der Waals surface area contributed by atoms with Crippen LogP contribution in [-0.2, 0) is 10.3 Å². The number of carbonyl (C=O) groups excluding carboxylic acids is 1. The minimum Gasteiger partial charge on any atom is -0.491 e. The fraction of sp³-hybridized carbons (Fsp3) is 0.326. The van der Waals surface area contributed by atoms with Gasteiger partial charge in [0.1, 0.15) is 28.4 Å². The molecule has 6 aromatic rings. The molecule has 54 heavy (non-hydrogen) atoms. The van der Waals surface area contributed by atoms with Crippen molar-refractivity contribution < 1.29 is 14.3 Å². The molecule has 1 saturated heterocycles. The summed E-state index contributed by atoms with van der Waals surface area (Å²) in [7, 11) is 0. The average Bonchev–Trinajstić information content (AvgIpc) is 3.55. The van der Waals surface area contributed by atoms with Crippen LogP contribution in [0.3, 0.4) is 0 Å². The Balaban J connectivity index is 1.27. The Labute approximate surface area is 319 Å². The first-order chi connectivity index (χ1) is 26.1. The van der Waals surface area contributed by atoms with Crippen LogP contribution in [0.1, 0.15) is 70.6 Å². The standard InChI is InChI=1S/C46H51N5O3/c1-33(2)53-39-21-22-41-40(32-39)43(35-24-28-47-42(31-35)50-29-25-34(26-30-50)23-27-48-44(52)54-45(3,4)5)49-51(41)46(36-15-9-6-10-16-36,37-17-11-7-12-18-37)38-19-13-8-14-20-38/h6-22,24,28,31-34H,23,25-27,29-30H2,1-5H3,(H,48,52). The van der Waals surface area contributed by atoms with E-state index in [1.807, 2.05) is 27.0 Å². The molecule has 0 radical (unpaired) electrons. The predicted octanol–water partition coefficient (Wildman–Crippen LogP) is 9.86. The molecule has 0 aliphatic carbocycles. The van der Waals surface area contributed by atoms with Gasteiger partial charge in [0.05, 0.1) is 11.6 Å². The maximum atomic E-state index is 12.1. The predicted molar refractivity (Wildman–Crippen MR) is 217 cm³/mol. The van der Waals surface area contributed by atoms with E-state index in [-0.39, 0.29) is 12.2 Å². The van der Waals surface area contributed by atoms with Crippen molar-refractivity contribution in [1.29, 1.82) is 0 Å². The summed E-state index contributed by atoms with van der Waals surface area (Å²) in [5.74, 6) is 2.27. The Bertz CT molecular complexity index is 2060. The van der Waals surface area contributed by atoms with Crippen molar-refractivity contribution in [1.82, 2.24) is 20.1 Å². The van der Waals surface area contributed by atoms with Crippen LogP contribution < -0.4 is 15.0 Å². The first kappa shape index (κ1) is 36.7. The van der Waals surface area contributed by atoms with E-state index in [1.165, 1.54) is 0 Å². The highest BCUT2D eigenvalue weighted by Gasteiger charge is 2.41. The molecule has 278 valence electrons. The van der Waals surface area contributed by atoms with Crippen molar-refractivity contribution in [2.24, 2.45) is 5.92 Å². The summed E-state index contributed by atoms with van der Waals surface area (Å²) in [5.41, 5.74) is 4.92. The zero-order chi connectivity index (χ0) is 37.7. The monoisotopic (exact) mass is 721 g/mol. The Morgan fingerprint density at radius 2 is 1.41 bits per heavy atom. The number of ether oxygens (including phenoxy) is 2. The van der Waals surface area contributed by atoms with Crippen molar-refractivity contribution in [3.63, 3.8) is 0 Å². The topological polar surface area (TPSA) is 81.5 Å². The second kappa shape index (κ2) is 15.8. The number of piperidine rings is 1. The summed E-state index contributed by atoms with van der Waals surface area (Å²) in [5, 5.41) is 9.55. The molecular formula is C46H51N5O3. The maximum Gasteiger partial charge on any atom is 0.407 e. The lowest BCUT2D eigenvalue weighted by atomic mass is 9.77. The third-order valence-electron chi connectivity index (χ3n) is 10.1. The van der Waals surface area contributed by atoms with Gasteiger partial charge in [-0.25, -0.2) is 14.5 Å². The molecule has 1 aliphatic heterocycles. The van der Waals surface area contributed by atoms with Crippen molar-refractivity contribution >= 4 is 22.8 Å². The molecular weight excluding hydrogens is 671 g/mol. The molecule has 0 bridgehead atoms. The molecule has 0 atom stereocenters. The van der Waals surface area contributed by atoms with Crippen molar-refractivity contribution in [2.45, 2.75) is 71.1 Å². The van der Waals surface area contributed by atoms with Gasteiger partial charge < -0.3 is 19.7 Å². The molecule has 1 aliphatic rings. The van der Waals surface area contributed by atoms with Gasteiger partial charge in [-0.2, -0.15) is 5.10 Å². The van der Waals surface area contributed by atoms with Crippen LogP contribution in [0.25, 0.3) is 22.2 Å². The summed E-state index contributed by atoms with van der Waals surface area (Å²) in [4.78, 5) is 19.4. The molecule has 2 aromatic heterocycles. The number of hydrogen-bond acceptors (Lipinski definition) is 6. The highest BCUT2D eigenvalue weighted by molar-refractivity contribution is 5.95. The van der Waals surface area contributed by atoms with E-state index >= 15 is 0 Å². The quantitative estimate of drug-likeness (QED) is 0.134. The number of pyridine rings is 1. The molecule has 4 aromatic carbocycles. The van der Waals surface area contributed by atoms with Crippen LogP contribution in [0.4, 0.5) is 10.6 Å². The highest BCUT2D eigenvalue weighted by Crippen LogP contribution is 2.44. The van der Waals surface area contributed by atoms with Crippen molar-refractivity contribution in [3.8, 4) is 17.0 Å². The number of carbonyl (C=O) groups is 1. The normalized spacial score (nSPS) is 14.0. The van der Waals surface area contributed by atoms with Crippen molar-refractivity contribution in [3.05, 3.63) is 144 Å². The third kappa shape index (κ3) is 7.84. The second-order valence-electron chi connectivity index (χ2n) is 15.5. The fourth-order valence-electron chi connectivity index (χ4n) is 7.70. The number of fused-ring (bicyclic) bond motifs is 1. The number of benzene rings is 4. The molecule has 0 spiro atoms. The summed E-state index contributed by atoms with van der Waals surface area (Å²) >= 11 is 0. The summed E-state index contributed by atoms with van der Waals surface area (Å²) in [6, 6.07) is 42.6. The Morgan fingerprint density at radius 1 is 0.815 bits per heavy atom. The number of hydrogen-bond donors (Lipinski definition) is 1. The van der Waals surface area contributed by atoms with Crippen molar-refractivity contribution in [2.75, 3.05) is 24.5 Å². The van der Waals surface area contributed by atoms with E-state index in [9.17, 15) is 4.79 Å². The van der Waals surface area contributed by atoms with Crippen LogP contribution in [-0.4, -0.2) is 52.2 Å². The third-order valence-corrected chi connectivity index (χ3v) is 10.1. The minimum atomic E-state index is -0.781. The van der Waals surface area contributed by atoms with E-state index in [0.717, 1.165) is 82.8 Å². The molecule has 1 N–H and O–H groups in total. The Morgan fingerprint density at radius 3 is 1.96 bits per heavy atom. The number of nitrogens with zero attached hydrogens (tertiary/aromatic N) is 4. The number of alkyl carbamates (subject to hydrolysis) is 1. The minimum absolute atomic E-state index is 0.0292. The van der Waals surface area contributed by atoms with E-state index in [2.05, 4.69) is 150 Å². The van der Waals surface area contributed by atoms with Gasteiger partial charge in [0.2, 0.25) is 0 Å². The van der Waals surface area contributed by atoms with Crippen LogP contribution in [0.15, 0.2) is 128 Å². The number of amides is 1. The van der Waals surface area contributed by atoms with Gasteiger partial charge in [0.15, 0.2) is 0 Å². The summed E-state index contributed by atoms with van der Waals surface area (Å²) in [6.45, 7) is 12.2. The van der Waals surface area contributed by atoms with E-state index in [4.69, 9.17) is 19.6 Å². The fourth-order valence-corrected chi connectivity index (χ4v) is 7.70. The second-order valence-corrected chi connectivity index (χ2v) is 15.5. The lowest BCUT2D eigenvalue weighted by molar-refractivity contribution is 0.0524. The molecule has 8 heteroatoms. The largest absolute Gasteiger partial charge is 0.491 e. The Kier molecular flexibility index (Phi) is 10.7. The van der Waals surface area contributed by atoms with E-state index < -0.39 is 11.1 Å². The van der Waals surface area contributed by atoms with Crippen LogP contribution in [0.5, 0.6) is 5.75 Å². The van der Waals surface area contributed by atoms with E-state index in [0.29, 0.717) is 12.5 Å². The molecule has 8 nitrogen and oxygen atoms in total. The van der Waals surface area contributed by atoms with E-state index in [1.54, 1.807) is 0 Å². The summed E-state index contributed by atoms with van der Waals surface area (Å²) in [6.07, 6.45) is 4.57. The molecule has 0 unspecified atom stereocenters. The zero-order valence-electron chi connectivity index (χ0n) is 32.0. The first-order valence-electron chi connectivity index (χ1n) is 19.2. The number of rotatable bonds is 11. The van der Waals surface area contributed by atoms with Gasteiger partial charge >= 0.3 is 6.09 Å². The lowest BCUT2D eigenvalue weighted by Gasteiger charge is -2.37. The molecule has 0 saturated carbocycles. The molecule has 3 heterocycles. The Hall–Kier alpha value is -5.63. The average molecular weight is 722 g/mol. The smallest absolute Gasteiger partial charge is 0.407 e. The molecule has 1 fully saturated rings. The highest BCUT2D eigenvalue weighted by atomic mass is 16.6. The number of nitrogens with one attached hydrogen (secondary N) is 1. The van der Waals surface area contributed by atoms with Gasteiger partial charge in [-0.3, -0.25) is 0 Å². The van der Waals surface area contributed by atoms with Gasteiger partial charge in [-0.15, -0.1) is 0 Å². The van der Waals surface area contributed by atoms with Crippen LogP contribution in [0.2, 0.25) is 0 Å². The number of anilines is 1. The summed E-state index contributed by atoms with van der Waals surface area (Å²) < 4.78 is 13.9. The molecule has 1 amide bonds. The first-order valence-corrected chi connectivity index (χ1v) is 19.2. The van der Waals surface area contributed by atoms with Gasteiger partial charge in [-0.1, -0.05) is 91.0 Å². The van der Waals surface area contributed by atoms with Gasteiger partial charge in [0.25, 0.3) is 0 Å². The molecule has 7 rings (SSSR count). The maximum absolute atomic E-state index is 12.1. The van der Waals surface area contributed by atoms with Gasteiger partial charge in [0, 0.05) is 36.8 Å². The van der Waals surface area contributed by atoms with Crippen LogP contribution in [0, 0.1) is 5.92 Å². The van der Waals surface area contributed by atoms with Gasteiger partial charge in [-0.05, 0) is 107 Å². The lowest BCUT2D eigenvalue weighted by Crippen LogP contribution is -2.38. The van der Waals surface area contributed by atoms with Crippen LogP contribution >= 0.6 is 0 Å². The number of aromatic nitrogens is 3. The SMILES string of the molecule is CC(C)Oc1ccc2c(c1)c(-c1ccnc(N3CCC(CCNC(=O)OC(C)(C)C)CC3)c1)nn2C(c1ccccc1)(c1ccccc1)c1ccccc1.